The summed E-state index contributed by atoms with van der Waals surface area (Å²) in [5.74, 6) is -0.837. The number of carbonyl (C=O) groups is 2. The van der Waals surface area contributed by atoms with Gasteiger partial charge < -0.3 is 0 Å². The van der Waals surface area contributed by atoms with Gasteiger partial charge in [-0.15, -0.1) is 11.8 Å². The number of rotatable bonds is 2. The van der Waals surface area contributed by atoms with E-state index in [0.29, 0.717) is 0 Å². The first-order valence-electron chi connectivity index (χ1n) is 7.27. The van der Waals surface area contributed by atoms with Crippen molar-refractivity contribution in [2.75, 3.05) is 16.4 Å². The maximum absolute atomic E-state index is 13.1. The molecule has 3 rings (SSSR count). The summed E-state index contributed by atoms with van der Waals surface area (Å²) in [6.07, 6.45) is -10.1. The smallest absolute Gasteiger partial charge is 0.273 e. The number of benzene rings is 1. The van der Waals surface area contributed by atoms with Gasteiger partial charge in [-0.3, -0.25) is 9.59 Å². The average Bonchev–Trinajstić information content (AvgIpc) is 3.01. The Morgan fingerprint density at radius 1 is 0.852 bits per heavy atom. The van der Waals surface area contributed by atoms with Gasteiger partial charge in [-0.1, -0.05) is 0 Å². The molecule has 0 bridgehead atoms. The number of thioether (sulfide) groups is 1. The van der Waals surface area contributed by atoms with Gasteiger partial charge in [0.25, 0.3) is 0 Å². The minimum absolute atomic E-state index is 0.0693. The third-order valence-electron chi connectivity index (χ3n) is 3.59. The van der Waals surface area contributed by atoms with E-state index in [1.54, 1.807) is 0 Å². The molecule has 0 spiro atoms. The van der Waals surface area contributed by atoms with Crippen molar-refractivity contribution in [2.24, 2.45) is 0 Å². The van der Waals surface area contributed by atoms with E-state index in [4.69, 9.17) is 0 Å². The number of amides is 2. The summed E-state index contributed by atoms with van der Waals surface area (Å²) < 4.78 is 77.6. The Hall–Kier alpha value is -2.50. The van der Waals surface area contributed by atoms with Gasteiger partial charge in [0.1, 0.15) is 5.69 Å². The molecule has 12 heteroatoms. The quantitative estimate of drug-likeness (QED) is 0.563. The zero-order valence-corrected chi connectivity index (χ0v) is 14.0. The minimum Gasteiger partial charge on any atom is -0.273 e. The molecule has 2 amide bonds. The van der Waals surface area contributed by atoms with E-state index in [1.807, 2.05) is 0 Å². The second-order valence-electron chi connectivity index (χ2n) is 5.45. The van der Waals surface area contributed by atoms with Crippen LogP contribution < -0.4 is 4.90 Å². The maximum Gasteiger partial charge on any atom is 0.435 e. The Kier molecular flexibility index (Phi) is 4.70. The zero-order chi connectivity index (χ0) is 20.0. The normalized spacial score (nSPS) is 16.1. The summed E-state index contributed by atoms with van der Waals surface area (Å²) in [5, 5.41) is 3.01. The van der Waals surface area contributed by atoms with Crippen LogP contribution >= 0.6 is 11.8 Å². The number of hydrogen-bond donors (Lipinski definition) is 0. The van der Waals surface area contributed by atoms with Crippen LogP contribution in [0.5, 0.6) is 0 Å². The van der Waals surface area contributed by atoms with Crippen LogP contribution in [0.25, 0.3) is 5.69 Å². The highest BCUT2D eigenvalue weighted by Gasteiger charge is 2.42. The summed E-state index contributed by atoms with van der Waals surface area (Å²) in [4.78, 5) is 24.6. The summed E-state index contributed by atoms with van der Waals surface area (Å²) in [6, 6.07) is 4.38. The molecule has 0 saturated carbocycles. The van der Waals surface area contributed by atoms with Gasteiger partial charge in [0.15, 0.2) is 5.69 Å². The fourth-order valence-electron chi connectivity index (χ4n) is 2.44. The van der Waals surface area contributed by atoms with Gasteiger partial charge in [0.05, 0.1) is 22.9 Å². The highest BCUT2D eigenvalue weighted by Crippen LogP contribution is 2.36. The number of halogens is 6. The van der Waals surface area contributed by atoms with Crippen LogP contribution in [0.4, 0.5) is 32.0 Å². The number of hydrogen-bond acceptors (Lipinski definition) is 4. The first-order valence-corrected chi connectivity index (χ1v) is 8.42. The van der Waals surface area contributed by atoms with Crippen LogP contribution in [-0.2, 0) is 21.9 Å². The summed E-state index contributed by atoms with van der Waals surface area (Å²) in [7, 11) is 0. The second kappa shape index (κ2) is 6.59. The third kappa shape index (κ3) is 3.80. The first-order chi connectivity index (χ1) is 12.5. The summed E-state index contributed by atoms with van der Waals surface area (Å²) >= 11 is 1.13. The Morgan fingerprint density at radius 2 is 1.37 bits per heavy atom. The lowest BCUT2D eigenvalue weighted by Crippen LogP contribution is -2.43. The lowest BCUT2D eigenvalue weighted by Gasteiger charge is -2.24. The highest BCUT2D eigenvalue weighted by atomic mass is 32.2. The van der Waals surface area contributed by atoms with E-state index < -0.39 is 35.6 Å². The van der Waals surface area contributed by atoms with Crippen LogP contribution in [0.15, 0.2) is 30.3 Å². The minimum atomic E-state index is -5.06. The van der Waals surface area contributed by atoms with E-state index >= 15 is 0 Å². The first kappa shape index (κ1) is 19.3. The molecule has 1 fully saturated rings. The van der Waals surface area contributed by atoms with Gasteiger partial charge in [-0.05, 0) is 24.3 Å². The Bertz CT molecular complexity index is 872. The number of carbonyl (C=O) groups excluding carboxylic acids is 2. The standard InChI is InChI=1S/C15H9F6N3O2S/c16-14(17,18)10-5-11(15(19,20)21)24(22-10)9-3-1-8(2-4-9)23-12(25)6-27-7-13(23)26/h1-5H,6-7H2. The SMILES string of the molecule is O=C1CSCC(=O)N1c1ccc(-n2nc(C(F)(F)F)cc2C(F)(F)F)cc1. The van der Waals surface area contributed by atoms with Crippen LogP contribution in [0.3, 0.4) is 0 Å². The van der Waals surface area contributed by atoms with E-state index in [0.717, 1.165) is 28.8 Å². The van der Waals surface area contributed by atoms with Crippen molar-refractivity contribution < 1.29 is 35.9 Å². The molecule has 0 unspecified atom stereocenters. The lowest BCUT2D eigenvalue weighted by atomic mass is 10.2. The largest absolute Gasteiger partial charge is 0.435 e. The molecule has 1 aliphatic heterocycles. The molecule has 2 aromatic rings. The molecule has 1 aromatic carbocycles. The third-order valence-corrected chi connectivity index (χ3v) is 4.49. The fraction of sp³-hybridized carbons (Fsp3) is 0.267. The van der Waals surface area contributed by atoms with Crippen LogP contribution in [0.2, 0.25) is 0 Å². The van der Waals surface area contributed by atoms with Crippen molar-refractivity contribution in [1.29, 1.82) is 0 Å². The predicted molar refractivity (Wildman–Crippen MR) is 83.4 cm³/mol. The molecule has 0 aliphatic carbocycles. The maximum atomic E-state index is 13.1. The highest BCUT2D eigenvalue weighted by molar-refractivity contribution is 8.00. The number of imide groups is 1. The number of alkyl halides is 6. The van der Waals surface area contributed by atoms with Gasteiger partial charge in [0, 0.05) is 6.07 Å². The van der Waals surface area contributed by atoms with Crippen molar-refractivity contribution in [3.63, 3.8) is 0 Å². The summed E-state index contributed by atoms with van der Waals surface area (Å²) in [6.45, 7) is 0. The molecule has 27 heavy (non-hydrogen) atoms. The molecule has 1 saturated heterocycles. The molecular weight excluding hydrogens is 400 g/mol. The van der Waals surface area contributed by atoms with Crippen LogP contribution in [0.1, 0.15) is 11.4 Å². The van der Waals surface area contributed by atoms with Crippen LogP contribution in [-0.4, -0.2) is 33.1 Å². The van der Waals surface area contributed by atoms with Crippen molar-refractivity contribution in [2.45, 2.75) is 12.4 Å². The number of nitrogens with zero attached hydrogens (tertiary/aromatic N) is 3. The van der Waals surface area contributed by atoms with Gasteiger partial charge in [-0.2, -0.15) is 31.4 Å². The van der Waals surface area contributed by atoms with Crippen molar-refractivity contribution in [3.05, 3.63) is 41.7 Å². The molecule has 144 valence electrons. The Balaban J connectivity index is 2.01. The van der Waals surface area contributed by atoms with E-state index in [-0.39, 0.29) is 33.6 Å². The van der Waals surface area contributed by atoms with E-state index in [9.17, 15) is 35.9 Å². The fourth-order valence-corrected chi connectivity index (χ4v) is 3.15. The number of aromatic nitrogens is 2. The molecule has 0 radical (unpaired) electrons. The van der Waals surface area contributed by atoms with Crippen molar-refractivity contribution in [1.82, 2.24) is 9.78 Å². The molecule has 1 aromatic heterocycles. The van der Waals surface area contributed by atoms with Gasteiger partial charge in [-0.25, -0.2) is 9.58 Å². The van der Waals surface area contributed by atoms with E-state index in [1.165, 1.54) is 12.1 Å². The topological polar surface area (TPSA) is 55.2 Å². The Labute approximate surface area is 151 Å². The lowest BCUT2D eigenvalue weighted by molar-refractivity contribution is -0.143. The molecule has 0 atom stereocenters. The average molecular weight is 409 g/mol. The molecule has 5 nitrogen and oxygen atoms in total. The Morgan fingerprint density at radius 3 is 1.85 bits per heavy atom. The van der Waals surface area contributed by atoms with Crippen molar-refractivity contribution >= 4 is 29.3 Å². The van der Waals surface area contributed by atoms with Crippen molar-refractivity contribution in [3.8, 4) is 5.69 Å². The van der Waals surface area contributed by atoms with Gasteiger partial charge in [0.2, 0.25) is 11.8 Å². The monoisotopic (exact) mass is 409 g/mol. The van der Waals surface area contributed by atoms with Gasteiger partial charge >= 0.3 is 12.4 Å². The second-order valence-corrected chi connectivity index (χ2v) is 6.44. The summed E-state index contributed by atoms with van der Waals surface area (Å²) in [5.41, 5.74) is -3.46. The molecular formula is C15H9F6N3O2S. The molecule has 0 N–H and O–H groups in total. The molecule has 2 heterocycles. The predicted octanol–water partition coefficient (Wildman–Crippen LogP) is 3.52. The van der Waals surface area contributed by atoms with Crippen LogP contribution in [0, 0.1) is 0 Å². The molecule has 1 aliphatic rings. The van der Waals surface area contributed by atoms with E-state index in [2.05, 4.69) is 5.10 Å². The number of anilines is 1. The zero-order valence-electron chi connectivity index (χ0n) is 13.1.